The van der Waals surface area contributed by atoms with Crippen molar-refractivity contribution < 1.29 is 9.53 Å². The minimum absolute atomic E-state index is 0.00883. The number of aromatic nitrogens is 2. The van der Waals surface area contributed by atoms with Crippen molar-refractivity contribution in [1.29, 1.82) is 0 Å². The fourth-order valence-corrected chi connectivity index (χ4v) is 4.34. The van der Waals surface area contributed by atoms with Gasteiger partial charge in [-0.3, -0.25) is 14.2 Å². The van der Waals surface area contributed by atoms with Gasteiger partial charge in [0.05, 0.1) is 35.6 Å². The molecular weight excluding hydrogens is 410 g/mol. The van der Waals surface area contributed by atoms with Gasteiger partial charge in [-0.2, -0.15) is 0 Å². The van der Waals surface area contributed by atoms with Gasteiger partial charge in [-0.15, -0.1) is 0 Å². The Morgan fingerprint density at radius 2 is 2.00 bits per heavy atom. The summed E-state index contributed by atoms with van der Waals surface area (Å²) in [6.07, 6.45) is 0. The van der Waals surface area contributed by atoms with Crippen molar-refractivity contribution in [2.45, 2.75) is 12.1 Å². The summed E-state index contributed by atoms with van der Waals surface area (Å²) in [6, 6.07) is 12.7. The molecule has 1 fully saturated rings. The van der Waals surface area contributed by atoms with Crippen molar-refractivity contribution in [3.05, 3.63) is 63.4 Å². The van der Waals surface area contributed by atoms with E-state index in [1.165, 1.54) is 11.8 Å². The third-order valence-corrected chi connectivity index (χ3v) is 5.91. The Bertz CT molecular complexity index is 1130. The molecule has 0 N–H and O–H groups in total. The van der Waals surface area contributed by atoms with Crippen molar-refractivity contribution in [3.8, 4) is 5.69 Å². The number of benzene rings is 2. The number of hydrogen-bond donors (Lipinski definition) is 0. The minimum atomic E-state index is -0.182. The molecule has 2 aromatic carbocycles. The van der Waals surface area contributed by atoms with Crippen LogP contribution in [0.15, 0.2) is 52.4 Å². The fourth-order valence-electron chi connectivity index (χ4n) is 3.26. The monoisotopic (exact) mass is 429 g/mol. The van der Waals surface area contributed by atoms with E-state index in [2.05, 4.69) is 4.98 Å². The summed E-state index contributed by atoms with van der Waals surface area (Å²) in [4.78, 5) is 32.3. The first kappa shape index (κ1) is 19.9. The molecule has 1 aliphatic rings. The summed E-state index contributed by atoms with van der Waals surface area (Å²) in [5.74, 6) is 0.208. The van der Waals surface area contributed by atoms with Gasteiger partial charge in [0.25, 0.3) is 5.56 Å². The number of carbonyl (C=O) groups excluding carboxylic acids is 1. The van der Waals surface area contributed by atoms with Gasteiger partial charge in [0.15, 0.2) is 5.16 Å². The highest BCUT2D eigenvalue weighted by Gasteiger charge is 2.19. The zero-order chi connectivity index (χ0) is 20.4. The molecule has 0 bridgehead atoms. The smallest absolute Gasteiger partial charge is 0.266 e. The average molecular weight is 430 g/mol. The highest BCUT2D eigenvalue weighted by Crippen LogP contribution is 2.24. The van der Waals surface area contributed by atoms with Crippen molar-refractivity contribution in [2.75, 3.05) is 32.1 Å². The predicted molar refractivity (Wildman–Crippen MR) is 115 cm³/mol. The third-order valence-electron chi connectivity index (χ3n) is 4.75. The molecule has 0 saturated carbocycles. The van der Waals surface area contributed by atoms with Crippen LogP contribution >= 0.6 is 23.4 Å². The highest BCUT2D eigenvalue weighted by molar-refractivity contribution is 7.99. The molecule has 0 aliphatic carbocycles. The zero-order valence-corrected chi connectivity index (χ0v) is 17.5. The molecule has 1 saturated heterocycles. The lowest BCUT2D eigenvalue weighted by atomic mass is 10.2. The largest absolute Gasteiger partial charge is 0.378 e. The lowest BCUT2D eigenvalue weighted by Crippen LogP contribution is -2.41. The zero-order valence-electron chi connectivity index (χ0n) is 15.9. The molecule has 8 heteroatoms. The Morgan fingerprint density at radius 1 is 1.21 bits per heavy atom. The number of halogens is 1. The number of ether oxygens (including phenoxy) is 1. The van der Waals surface area contributed by atoms with Crippen molar-refractivity contribution >= 4 is 40.2 Å². The summed E-state index contributed by atoms with van der Waals surface area (Å²) >= 11 is 7.36. The van der Waals surface area contributed by atoms with E-state index in [0.29, 0.717) is 47.4 Å². The van der Waals surface area contributed by atoms with E-state index >= 15 is 0 Å². The van der Waals surface area contributed by atoms with E-state index in [-0.39, 0.29) is 17.2 Å². The van der Waals surface area contributed by atoms with Gasteiger partial charge in [0, 0.05) is 18.1 Å². The summed E-state index contributed by atoms with van der Waals surface area (Å²) in [6.45, 7) is 4.25. The number of fused-ring (bicyclic) bond motifs is 1. The highest BCUT2D eigenvalue weighted by atomic mass is 35.5. The number of aryl methyl sites for hydroxylation is 1. The van der Waals surface area contributed by atoms with Crippen molar-refractivity contribution in [3.63, 3.8) is 0 Å². The first-order valence-electron chi connectivity index (χ1n) is 9.30. The second-order valence-corrected chi connectivity index (χ2v) is 8.20. The topological polar surface area (TPSA) is 64.4 Å². The van der Waals surface area contributed by atoms with E-state index in [4.69, 9.17) is 16.3 Å². The lowest BCUT2D eigenvalue weighted by Gasteiger charge is -2.26. The number of nitrogens with zero attached hydrogens (tertiary/aromatic N) is 3. The van der Waals surface area contributed by atoms with Gasteiger partial charge < -0.3 is 9.64 Å². The summed E-state index contributed by atoms with van der Waals surface area (Å²) < 4.78 is 6.87. The van der Waals surface area contributed by atoms with Crippen LogP contribution in [-0.4, -0.2) is 52.4 Å². The maximum Gasteiger partial charge on any atom is 0.266 e. The second-order valence-electron chi connectivity index (χ2n) is 6.82. The molecule has 2 heterocycles. The first-order chi connectivity index (χ1) is 14.0. The predicted octanol–water partition coefficient (Wildman–Crippen LogP) is 3.30. The van der Waals surface area contributed by atoms with E-state index in [0.717, 1.165) is 11.3 Å². The quantitative estimate of drug-likeness (QED) is 0.470. The molecular formula is C21H20ClN3O3S. The van der Waals surface area contributed by atoms with Crippen LogP contribution in [0.5, 0.6) is 0 Å². The molecule has 0 unspecified atom stereocenters. The molecule has 0 spiro atoms. The van der Waals surface area contributed by atoms with Crippen LogP contribution in [0, 0.1) is 6.92 Å². The minimum Gasteiger partial charge on any atom is -0.378 e. The van der Waals surface area contributed by atoms with Gasteiger partial charge in [-0.25, -0.2) is 4.98 Å². The molecule has 4 rings (SSSR count). The van der Waals surface area contributed by atoms with Crippen LogP contribution in [-0.2, 0) is 9.53 Å². The molecule has 1 amide bonds. The maximum atomic E-state index is 13.3. The van der Waals surface area contributed by atoms with Crippen molar-refractivity contribution in [1.82, 2.24) is 14.5 Å². The third kappa shape index (κ3) is 4.32. The second kappa shape index (κ2) is 8.57. The maximum absolute atomic E-state index is 13.3. The number of morpholine rings is 1. The molecule has 1 aliphatic heterocycles. The van der Waals surface area contributed by atoms with Gasteiger partial charge in [-0.05, 0) is 42.8 Å². The molecule has 3 aromatic rings. The molecule has 0 atom stereocenters. The SMILES string of the molecule is Cc1cccc(-n2c(SCC(=O)N3CCOCC3)nc3cc(Cl)ccc3c2=O)c1. The Morgan fingerprint density at radius 3 is 2.76 bits per heavy atom. The van der Waals surface area contributed by atoms with Gasteiger partial charge in [-0.1, -0.05) is 35.5 Å². The average Bonchev–Trinajstić information content (AvgIpc) is 2.72. The number of hydrogen-bond acceptors (Lipinski definition) is 5. The molecule has 150 valence electrons. The fraction of sp³-hybridized carbons (Fsp3) is 0.286. The Balaban J connectivity index is 1.75. The van der Waals surface area contributed by atoms with Crippen molar-refractivity contribution in [2.24, 2.45) is 0 Å². The van der Waals surface area contributed by atoms with E-state index in [9.17, 15) is 9.59 Å². The number of thioether (sulfide) groups is 1. The summed E-state index contributed by atoms with van der Waals surface area (Å²) in [5, 5.41) is 1.47. The summed E-state index contributed by atoms with van der Waals surface area (Å²) in [5.41, 5.74) is 2.10. The Hall–Kier alpha value is -2.35. The van der Waals surface area contributed by atoms with E-state index in [1.807, 2.05) is 31.2 Å². The first-order valence-corrected chi connectivity index (χ1v) is 10.7. The number of rotatable bonds is 4. The van der Waals surface area contributed by atoms with E-state index in [1.54, 1.807) is 27.7 Å². The van der Waals surface area contributed by atoms with Crippen LogP contribution in [0.3, 0.4) is 0 Å². The van der Waals surface area contributed by atoms with Gasteiger partial charge in [0.1, 0.15) is 0 Å². The van der Waals surface area contributed by atoms with Crippen LogP contribution in [0.4, 0.5) is 0 Å². The van der Waals surface area contributed by atoms with Crippen LogP contribution in [0.2, 0.25) is 5.02 Å². The number of carbonyl (C=O) groups is 1. The van der Waals surface area contributed by atoms with Crippen LogP contribution in [0.1, 0.15) is 5.56 Å². The molecule has 0 radical (unpaired) electrons. The lowest BCUT2D eigenvalue weighted by molar-refractivity contribution is -0.132. The van der Waals surface area contributed by atoms with Crippen LogP contribution < -0.4 is 5.56 Å². The van der Waals surface area contributed by atoms with Crippen LogP contribution in [0.25, 0.3) is 16.6 Å². The molecule has 1 aromatic heterocycles. The molecule has 6 nitrogen and oxygen atoms in total. The van der Waals surface area contributed by atoms with Gasteiger partial charge in [0.2, 0.25) is 5.91 Å². The standard InChI is InChI=1S/C21H20ClN3O3S/c1-14-3-2-4-16(11-14)25-20(27)17-6-5-15(22)12-18(17)23-21(25)29-13-19(26)24-7-9-28-10-8-24/h2-6,11-12H,7-10,13H2,1H3. The molecule has 29 heavy (non-hydrogen) atoms. The normalized spacial score (nSPS) is 14.3. The van der Waals surface area contributed by atoms with Gasteiger partial charge >= 0.3 is 0 Å². The van der Waals surface area contributed by atoms with E-state index < -0.39 is 0 Å². The number of amides is 1. The Labute approximate surface area is 177 Å². The Kier molecular flexibility index (Phi) is 5.89. The summed E-state index contributed by atoms with van der Waals surface area (Å²) in [7, 11) is 0.